The second-order valence-corrected chi connectivity index (χ2v) is 8.83. The van der Waals surface area contributed by atoms with Crippen LogP contribution >= 0.6 is 0 Å². The van der Waals surface area contributed by atoms with Crippen molar-refractivity contribution in [3.05, 3.63) is 23.8 Å². The predicted molar refractivity (Wildman–Crippen MR) is 111 cm³/mol. The molecular weight excluding hydrogens is 352 g/mol. The molecule has 0 bridgehead atoms. The summed E-state index contributed by atoms with van der Waals surface area (Å²) in [6.07, 6.45) is 3.45. The van der Waals surface area contributed by atoms with Gasteiger partial charge in [-0.1, -0.05) is 0 Å². The Labute approximate surface area is 166 Å². The molecule has 3 aliphatic heterocycles. The largest absolute Gasteiger partial charge is 0.398 e. The number of likely N-dealkylation sites (N-methyl/N-ethyl adjacent to an activating group) is 1. The molecule has 2 atom stereocenters. The Hall–Kier alpha value is -2.12. The van der Waals surface area contributed by atoms with Gasteiger partial charge in [0.15, 0.2) is 0 Å². The van der Waals surface area contributed by atoms with Crippen LogP contribution in [0.2, 0.25) is 0 Å². The van der Waals surface area contributed by atoms with E-state index in [1.54, 1.807) is 0 Å². The van der Waals surface area contributed by atoms with E-state index in [1.807, 2.05) is 23.1 Å². The van der Waals surface area contributed by atoms with Crippen molar-refractivity contribution >= 4 is 23.0 Å². The Morgan fingerprint density at radius 3 is 2.50 bits per heavy atom. The van der Waals surface area contributed by atoms with Crippen molar-refractivity contribution in [1.29, 1.82) is 5.41 Å². The highest BCUT2D eigenvalue weighted by molar-refractivity contribution is 6.45. The van der Waals surface area contributed by atoms with Crippen LogP contribution in [-0.2, 0) is 4.79 Å². The average molecular weight is 383 g/mol. The first-order valence-electron chi connectivity index (χ1n) is 10.5. The lowest BCUT2D eigenvalue weighted by Gasteiger charge is -2.68. The molecule has 2 unspecified atom stereocenters. The Kier molecular flexibility index (Phi) is 4.14. The summed E-state index contributed by atoms with van der Waals surface area (Å²) in [5, 5.41) is 8.56. The molecular formula is C21H30N6O. The minimum absolute atomic E-state index is 0.0391. The number of nitrogen functional groups attached to an aromatic ring is 1. The third-order valence-corrected chi connectivity index (χ3v) is 7.55. The molecule has 1 saturated carbocycles. The standard InChI is InChI=1S/C21H30N6O/c1-24-8-10-25(11-9-24)15-2-3-16(17(22)14-15)19(23)20(28)27-13-12-26-7-6-21(26)5-4-18(21)27/h2-3,14,18,23H,4-13,22H2,1H3. The van der Waals surface area contributed by atoms with Crippen LogP contribution in [0.1, 0.15) is 24.8 Å². The van der Waals surface area contributed by atoms with E-state index in [1.165, 1.54) is 12.8 Å². The van der Waals surface area contributed by atoms with Gasteiger partial charge in [0.05, 0.1) is 6.04 Å². The first kappa shape index (κ1) is 17.9. The Morgan fingerprint density at radius 1 is 1.11 bits per heavy atom. The fourth-order valence-electron chi connectivity index (χ4n) is 5.53. The summed E-state index contributed by atoms with van der Waals surface area (Å²) in [5.74, 6) is -0.158. The number of amides is 1. The van der Waals surface area contributed by atoms with Crippen molar-refractivity contribution in [1.82, 2.24) is 14.7 Å². The van der Waals surface area contributed by atoms with Crippen molar-refractivity contribution in [2.45, 2.75) is 30.8 Å². The van der Waals surface area contributed by atoms with E-state index in [-0.39, 0.29) is 23.2 Å². The molecule has 1 aromatic rings. The monoisotopic (exact) mass is 382 g/mol. The molecule has 3 N–H and O–H groups in total. The molecule has 4 fully saturated rings. The summed E-state index contributed by atoms with van der Waals surface area (Å²) in [6, 6.07) is 6.08. The fourth-order valence-corrected chi connectivity index (χ4v) is 5.53. The van der Waals surface area contributed by atoms with Gasteiger partial charge in [0, 0.05) is 68.3 Å². The fraction of sp³-hybridized carbons (Fsp3) is 0.619. The van der Waals surface area contributed by atoms with Crippen molar-refractivity contribution in [3.8, 4) is 0 Å². The highest BCUT2D eigenvalue weighted by Crippen LogP contribution is 2.51. The van der Waals surface area contributed by atoms with E-state index in [4.69, 9.17) is 11.1 Å². The number of hydrogen-bond donors (Lipinski definition) is 2. The van der Waals surface area contributed by atoms with E-state index < -0.39 is 0 Å². The van der Waals surface area contributed by atoms with Crippen LogP contribution in [0.25, 0.3) is 0 Å². The lowest BCUT2D eigenvalue weighted by atomic mass is 9.61. The molecule has 1 aromatic carbocycles. The Morgan fingerprint density at radius 2 is 1.89 bits per heavy atom. The van der Waals surface area contributed by atoms with Crippen LogP contribution in [-0.4, -0.2) is 90.8 Å². The molecule has 1 amide bonds. The van der Waals surface area contributed by atoms with E-state index in [0.717, 1.165) is 57.9 Å². The van der Waals surface area contributed by atoms with Gasteiger partial charge in [-0.25, -0.2) is 0 Å². The number of nitrogens with two attached hydrogens (primary N) is 1. The molecule has 1 spiro atoms. The number of anilines is 2. The number of carbonyl (C=O) groups is 1. The zero-order valence-corrected chi connectivity index (χ0v) is 16.7. The summed E-state index contributed by atoms with van der Waals surface area (Å²) >= 11 is 0. The first-order chi connectivity index (χ1) is 13.5. The lowest BCUT2D eigenvalue weighted by Crippen LogP contribution is -2.80. The number of benzene rings is 1. The second kappa shape index (κ2) is 6.46. The molecule has 150 valence electrons. The van der Waals surface area contributed by atoms with Gasteiger partial charge in [-0.05, 0) is 44.5 Å². The normalized spacial score (nSPS) is 30.1. The summed E-state index contributed by atoms with van der Waals surface area (Å²) < 4.78 is 0. The molecule has 3 heterocycles. The molecule has 1 aliphatic carbocycles. The highest BCUT2D eigenvalue weighted by Gasteiger charge is 2.61. The Bertz CT molecular complexity index is 813. The summed E-state index contributed by atoms with van der Waals surface area (Å²) in [7, 11) is 2.14. The highest BCUT2D eigenvalue weighted by atomic mass is 16.2. The SMILES string of the molecule is CN1CCN(c2ccc(C(=N)C(=O)N3CCN4CCC45CCC35)c(N)c2)CC1. The third kappa shape index (κ3) is 2.56. The zero-order valence-electron chi connectivity index (χ0n) is 16.7. The van der Waals surface area contributed by atoms with Crippen LogP contribution < -0.4 is 10.6 Å². The number of piperazine rings is 2. The smallest absolute Gasteiger partial charge is 0.272 e. The third-order valence-electron chi connectivity index (χ3n) is 7.55. The van der Waals surface area contributed by atoms with Gasteiger partial charge in [-0.2, -0.15) is 0 Å². The molecule has 28 heavy (non-hydrogen) atoms. The van der Waals surface area contributed by atoms with Crippen LogP contribution in [0.15, 0.2) is 18.2 Å². The van der Waals surface area contributed by atoms with Crippen molar-refractivity contribution < 1.29 is 4.79 Å². The molecule has 4 aliphatic rings. The predicted octanol–water partition coefficient (Wildman–Crippen LogP) is 0.838. The van der Waals surface area contributed by atoms with E-state index in [0.29, 0.717) is 11.3 Å². The number of nitrogens with one attached hydrogen (secondary N) is 1. The second-order valence-electron chi connectivity index (χ2n) is 8.83. The summed E-state index contributed by atoms with van der Waals surface area (Å²) in [4.78, 5) is 22.3. The molecule has 5 rings (SSSR count). The minimum atomic E-state index is -0.158. The Balaban J connectivity index is 1.32. The van der Waals surface area contributed by atoms with E-state index >= 15 is 0 Å². The van der Waals surface area contributed by atoms with Crippen molar-refractivity contribution in [3.63, 3.8) is 0 Å². The van der Waals surface area contributed by atoms with Gasteiger partial charge in [-0.3, -0.25) is 15.1 Å². The van der Waals surface area contributed by atoms with Crippen LogP contribution in [0.5, 0.6) is 0 Å². The first-order valence-corrected chi connectivity index (χ1v) is 10.5. The topological polar surface area (TPSA) is 79.9 Å². The number of nitrogens with zero attached hydrogens (tertiary/aromatic N) is 4. The number of carbonyl (C=O) groups excluding carboxylic acids is 1. The van der Waals surface area contributed by atoms with Gasteiger partial charge in [-0.15, -0.1) is 0 Å². The lowest BCUT2D eigenvalue weighted by molar-refractivity contribution is -0.180. The number of rotatable bonds is 3. The molecule has 0 radical (unpaired) electrons. The van der Waals surface area contributed by atoms with Gasteiger partial charge in [0.25, 0.3) is 5.91 Å². The molecule has 7 heteroatoms. The maximum Gasteiger partial charge on any atom is 0.272 e. The van der Waals surface area contributed by atoms with Gasteiger partial charge < -0.3 is 20.4 Å². The van der Waals surface area contributed by atoms with Crippen LogP contribution in [0.4, 0.5) is 11.4 Å². The van der Waals surface area contributed by atoms with Crippen LogP contribution in [0.3, 0.4) is 0 Å². The molecule has 0 aromatic heterocycles. The van der Waals surface area contributed by atoms with E-state index in [2.05, 4.69) is 21.7 Å². The summed E-state index contributed by atoms with van der Waals surface area (Å²) in [6.45, 7) is 6.84. The maximum atomic E-state index is 13.1. The van der Waals surface area contributed by atoms with Gasteiger partial charge in [0.1, 0.15) is 5.71 Å². The maximum absolute atomic E-state index is 13.1. The number of hydrogen-bond acceptors (Lipinski definition) is 6. The van der Waals surface area contributed by atoms with E-state index in [9.17, 15) is 4.79 Å². The minimum Gasteiger partial charge on any atom is -0.398 e. The quantitative estimate of drug-likeness (QED) is 0.598. The average Bonchev–Trinajstić information content (AvgIpc) is 2.64. The van der Waals surface area contributed by atoms with Gasteiger partial charge >= 0.3 is 0 Å². The zero-order chi connectivity index (χ0) is 19.5. The van der Waals surface area contributed by atoms with Gasteiger partial charge in [0.2, 0.25) is 0 Å². The van der Waals surface area contributed by atoms with Crippen LogP contribution in [0, 0.1) is 5.41 Å². The summed E-state index contributed by atoms with van der Waals surface area (Å²) in [5.41, 5.74) is 8.74. The van der Waals surface area contributed by atoms with Crippen molar-refractivity contribution in [2.24, 2.45) is 0 Å². The molecule has 7 nitrogen and oxygen atoms in total. The van der Waals surface area contributed by atoms with Crippen molar-refractivity contribution in [2.75, 3.05) is 63.5 Å². The molecule has 3 saturated heterocycles.